The standard InChI is InChI=1S/C16H11NO3/c17-10-12-5-3-4-11(8-12)9-15(18)13-6-1-2-7-14(13)16(19)20/h1-8H,9H2,(H,19,20). The second kappa shape index (κ2) is 5.81. The van der Waals surface area contributed by atoms with Crippen LogP contribution in [0.5, 0.6) is 0 Å². The first-order valence-electron chi connectivity index (χ1n) is 5.96. The Morgan fingerprint density at radius 2 is 1.75 bits per heavy atom. The zero-order chi connectivity index (χ0) is 14.5. The molecule has 0 spiro atoms. The van der Waals surface area contributed by atoms with Gasteiger partial charge in [-0.3, -0.25) is 4.79 Å². The lowest BCUT2D eigenvalue weighted by Crippen LogP contribution is -2.10. The van der Waals surface area contributed by atoms with Crippen LogP contribution in [0.3, 0.4) is 0 Å². The third-order valence-corrected chi connectivity index (χ3v) is 2.88. The summed E-state index contributed by atoms with van der Waals surface area (Å²) in [5, 5.41) is 17.9. The van der Waals surface area contributed by atoms with Gasteiger partial charge in [-0.1, -0.05) is 30.3 Å². The topological polar surface area (TPSA) is 78.2 Å². The van der Waals surface area contributed by atoms with Crippen molar-refractivity contribution in [2.24, 2.45) is 0 Å². The number of aromatic carboxylic acids is 1. The van der Waals surface area contributed by atoms with E-state index in [4.69, 9.17) is 10.4 Å². The van der Waals surface area contributed by atoms with Gasteiger partial charge in [0.1, 0.15) is 0 Å². The number of nitrogens with zero attached hydrogens (tertiary/aromatic N) is 1. The van der Waals surface area contributed by atoms with Gasteiger partial charge in [-0.05, 0) is 23.8 Å². The Morgan fingerprint density at radius 1 is 1.05 bits per heavy atom. The van der Waals surface area contributed by atoms with E-state index < -0.39 is 5.97 Å². The van der Waals surface area contributed by atoms with E-state index >= 15 is 0 Å². The van der Waals surface area contributed by atoms with Crippen LogP contribution in [0.1, 0.15) is 31.8 Å². The molecule has 2 aromatic carbocycles. The molecule has 1 N–H and O–H groups in total. The molecule has 0 fully saturated rings. The second-order valence-electron chi connectivity index (χ2n) is 4.26. The molecule has 0 unspecified atom stereocenters. The van der Waals surface area contributed by atoms with Crippen molar-refractivity contribution in [2.75, 3.05) is 0 Å². The van der Waals surface area contributed by atoms with Crippen molar-refractivity contribution in [3.8, 4) is 6.07 Å². The van der Waals surface area contributed by atoms with Gasteiger partial charge in [-0.15, -0.1) is 0 Å². The molecule has 0 heterocycles. The Labute approximate surface area is 115 Å². The summed E-state index contributed by atoms with van der Waals surface area (Å²) in [4.78, 5) is 23.3. The molecule has 0 amide bonds. The smallest absolute Gasteiger partial charge is 0.336 e. The Hall–Kier alpha value is -2.93. The molecule has 4 heteroatoms. The van der Waals surface area contributed by atoms with Crippen molar-refractivity contribution in [3.05, 3.63) is 70.8 Å². The van der Waals surface area contributed by atoms with Crippen molar-refractivity contribution in [1.29, 1.82) is 5.26 Å². The van der Waals surface area contributed by atoms with Gasteiger partial charge in [0.2, 0.25) is 0 Å². The highest BCUT2D eigenvalue weighted by Gasteiger charge is 2.16. The number of hydrogen-bond donors (Lipinski definition) is 1. The minimum Gasteiger partial charge on any atom is -0.478 e. The molecule has 2 rings (SSSR count). The van der Waals surface area contributed by atoms with E-state index in [1.165, 1.54) is 12.1 Å². The van der Waals surface area contributed by atoms with Gasteiger partial charge in [0.25, 0.3) is 0 Å². The molecule has 0 aliphatic carbocycles. The first-order chi connectivity index (χ1) is 9.61. The van der Waals surface area contributed by atoms with Gasteiger partial charge in [0.15, 0.2) is 5.78 Å². The van der Waals surface area contributed by atoms with Crippen LogP contribution in [-0.4, -0.2) is 16.9 Å². The van der Waals surface area contributed by atoms with E-state index in [0.717, 1.165) is 0 Å². The maximum Gasteiger partial charge on any atom is 0.336 e. The van der Waals surface area contributed by atoms with E-state index in [-0.39, 0.29) is 23.3 Å². The highest BCUT2D eigenvalue weighted by Crippen LogP contribution is 2.14. The zero-order valence-electron chi connectivity index (χ0n) is 10.5. The largest absolute Gasteiger partial charge is 0.478 e. The highest BCUT2D eigenvalue weighted by molar-refractivity contribution is 6.06. The molecule has 0 saturated carbocycles. The van der Waals surface area contributed by atoms with Crippen LogP contribution in [0, 0.1) is 11.3 Å². The second-order valence-corrected chi connectivity index (χ2v) is 4.26. The van der Waals surface area contributed by atoms with Gasteiger partial charge < -0.3 is 5.11 Å². The molecule has 0 aliphatic heterocycles. The summed E-state index contributed by atoms with van der Waals surface area (Å²) in [5.74, 6) is -1.40. The summed E-state index contributed by atoms with van der Waals surface area (Å²) < 4.78 is 0. The van der Waals surface area contributed by atoms with E-state index in [2.05, 4.69) is 0 Å². The van der Waals surface area contributed by atoms with Crippen LogP contribution in [-0.2, 0) is 6.42 Å². The van der Waals surface area contributed by atoms with E-state index in [0.29, 0.717) is 11.1 Å². The summed E-state index contributed by atoms with van der Waals surface area (Å²) in [6, 6.07) is 14.8. The summed E-state index contributed by atoms with van der Waals surface area (Å²) in [6.07, 6.45) is 0.0693. The Bertz CT molecular complexity index is 714. The molecular formula is C16H11NO3. The third kappa shape index (κ3) is 2.90. The zero-order valence-corrected chi connectivity index (χ0v) is 10.5. The minimum absolute atomic E-state index is 0.00561. The summed E-state index contributed by atoms with van der Waals surface area (Å²) in [5.41, 5.74) is 1.34. The highest BCUT2D eigenvalue weighted by atomic mass is 16.4. The summed E-state index contributed by atoms with van der Waals surface area (Å²) in [7, 11) is 0. The lowest BCUT2D eigenvalue weighted by Gasteiger charge is -2.05. The first kappa shape index (κ1) is 13.5. The van der Waals surface area contributed by atoms with E-state index in [9.17, 15) is 9.59 Å². The molecule has 0 radical (unpaired) electrons. The van der Waals surface area contributed by atoms with E-state index in [1.807, 2.05) is 6.07 Å². The molecule has 0 bridgehead atoms. The van der Waals surface area contributed by atoms with Crippen LogP contribution in [0.4, 0.5) is 0 Å². The molecule has 4 nitrogen and oxygen atoms in total. The molecular weight excluding hydrogens is 254 g/mol. The normalized spacial score (nSPS) is 9.75. The maximum absolute atomic E-state index is 12.2. The van der Waals surface area contributed by atoms with Crippen LogP contribution in [0.2, 0.25) is 0 Å². The number of Topliss-reactive ketones (excluding diaryl/α,β-unsaturated/α-hetero) is 1. The fourth-order valence-electron chi connectivity index (χ4n) is 1.94. The Kier molecular flexibility index (Phi) is 3.92. The molecule has 0 atom stereocenters. The lowest BCUT2D eigenvalue weighted by molar-refractivity contribution is 0.0692. The fourth-order valence-corrected chi connectivity index (χ4v) is 1.94. The minimum atomic E-state index is -1.13. The fraction of sp³-hybridized carbons (Fsp3) is 0.0625. The van der Waals surface area contributed by atoms with Gasteiger partial charge in [0.05, 0.1) is 17.2 Å². The number of benzene rings is 2. The van der Waals surface area contributed by atoms with Crippen molar-refractivity contribution >= 4 is 11.8 Å². The number of carboxylic acids is 1. The van der Waals surface area contributed by atoms with Crippen LogP contribution >= 0.6 is 0 Å². The SMILES string of the molecule is N#Cc1cccc(CC(=O)c2ccccc2C(=O)O)c1. The number of nitriles is 1. The average molecular weight is 265 g/mol. The number of rotatable bonds is 4. The first-order valence-corrected chi connectivity index (χ1v) is 5.96. The van der Waals surface area contributed by atoms with Crippen molar-refractivity contribution < 1.29 is 14.7 Å². The number of carbonyl (C=O) groups is 2. The quantitative estimate of drug-likeness (QED) is 0.862. The van der Waals surface area contributed by atoms with Crippen molar-refractivity contribution in [2.45, 2.75) is 6.42 Å². The van der Waals surface area contributed by atoms with Crippen LogP contribution < -0.4 is 0 Å². The molecule has 0 aliphatic rings. The molecule has 20 heavy (non-hydrogen) atoms. The predicted octanol–water partition coefficient (Wildman–Crippen LogP) is 2.68. The van der Waals surface area contributed by atoms with Crippen molar-refractivity contribution in [3.63, 3.8) is 0 Å². The molecule has 98 valence electrons. The molecule has 2 aromatic rings. The van der Waals surface area contributed by atoms with E-state index in [1.54, 1.807) is 36.4 Å². The van der Waals surface area contributed by atoms with Gasteiger partial charge in [0, 0.05) is 12.0 Å². The van der Waals surface area contributed by atoms with Crippen molar-refractivity contribution in [1.82, 2.24) is 0 Å². The lowest BCUT2D eigenvalue weighted by atomic mass is 9.98. The Balaban J connectivity index is 2.29. The van der Waals surface area contributed by atoms with Gasteiger partial charge in [-0.25, -0.2) is 4.79 Å². The molecule has 0 aromatic heterocycles. The summed E-state index contributed by atoms with van der Waals surface area (Å²) >= 11 is 0. The van der Waals surface area contributed by atoms with Crippen LogP contribution in [0.25, 0.3) is 0 Å². The number of carboxylic acid groups (broad SMARTS) is 1. The van der Waals surface area contributed by atoms with Crippen LogP contribution in [0.15, 0.2) is 48.5 Å². The number of ketones is 1. The number of carbonyl (C=O) groups excluding carboxylic acids is 1. The Morgan fingerprint density at radius 3 is 2.40 bits per heavy atom. The van der Waals surface area contributed by atoms with Gasteiger partial charge in [-0.2, -0.15) is 5.26 Å². The third-order valence-electron chi connectivity index (χ3n) is 2.88. The number of hydrogen-bond acceptors (Lipinski definition) is 3. The maximum atomic E-state index is 12.2. The monoisotopic (exact) mass is 265 g/mol. The average Bonchev–Trinajstić information content (AvgIpc) is 2.47. The predicted molar refractivity (Wildman–Crippen MR) is 72.6 cm³/mol. The molecule has 0 saturated heterocycles. The van der Waals surface area contributed by atoms with Gasteiger partial charge >= 0.3 is 5.97 Å². The summed E-state index contributed by atoms with van der Waals surface area (Å²) in [6.45, 7) is 0.